The number of nitrogens with zero attached hydrogens (tertiary/aromatic N) is 1. The molecule has 0 aromatic heterocycles. The molecule has 1 aliphatic rings. The Morgan fingerprint density at radius 3 is 1.80 bits per heavy atom. The van der Waals surface area contributed by atoms with Crippen LogP contribution in [-0.4, -0.2) is 42.0 Å². The van der Waals surface area contributed by atoms with Gasteiger partial charge in [0, 0.05) is 26.7 Å². The van der Waals surface area contributed by atoms with Crippen molar-refractivity contribution in [3.63, 3.8) is 0 Å². The maximum absolute atomic E-state index is 10.7. The average Bonchev–Trinajstić information content (AvgIpc) is 2.62. The van der Waals surface area contributed by atoms with Gasteiger partial charge in [-0.05, 0) is 6.54 Å². The molecule has 0 spiro atoms. The molecule has 1 saturated heterocycles. The Morgan fingerprint density at radius 1 is 1.20 bits per heavy atom. The first kappa shape index (κ1) is 20.3. The van der Waals surface area contributed by atoms with Gasteiger partial charge in [-0.2, -0.15) is 0 Å². The van der Waals surface area contributed by atoms with Crippen molar-refractivity contribution in [2.45, 2.75) is 33.6 Å². The third-order valence-electron chi connectivity index (χ3n) is 1.58. The lowest BCUT2D eigenvalue weighted by Crippen LogP contribution is -2.30. The van der Waals surface area contributed by atoms with Gasteiger partial charge in [-0.25, -0.2) is 4.79 Å². The van der Waals surface area contributed by atoms with E-state index in [2.05, 4.69) is 10.2 Å². The van der Waals surface area contributed by atoms with Gasteiger partial charge in [-0.3, -0.25) is 14.4 Å². The highest BCUT2D eigenvalue weighted by atomic mass is 16.7. The average molecular weight is 290 g/mol. The molecule has 1 rings (SSSR count). The summed E-state index contributed by atoms with van der Waals surface area (Å²) >= 11 is 0. The predicted molar refractivity (Wildman–Crippen MR) is 70.5 cm³/mol. The molecule has 0 bridgehead atoms. The van der Waals surface area contributed by atoms with Crippen LogP contribution in [0.15, 0.2) is 0 Å². The molecule has 116 valence electrons. The molecule has 0 aromatic rings. The second-order valence-corrected chi connectivity index (χ2v) is 3.51. The lowest BCUT2D eigenvalue weighted by molar-refractivity contribution is -0.195. The van der Waals surface area contributed by atoms with Crippen LogP contribution in [0.3, 0.4) is 0 Å². The normalized spacial score (nSPS) is 12.8. The zero-order chi connectivity index (χ0) is 16.1. The molecule has 1 heterocycles. The second kappa shape index (κ2) is 12.1. The molecule has 9 nitrogen and oxygen atoms in total. The van der Waals surface area contributed by atoms with Crippen LogP contribution in [0.2, 0.25) is 0 Å². The Bertz CT molecular complexity index is 330. The number of carbonyl (C=O) groups is 4. The van der Waals surface area contributed by atoms with Crippen LogP contribution in [0.5, 0.6) is 0 Å². The van der Waals surface area contributed by atoms with Crippen molar-refractivity contribution in [3.05, 3.63) is 0 Å². The molecule has 3 amide bonds. The number of nitrogens with one attached hydrogen (secondary N) is 1. The minimum Gasteiger partial charge on any atom is -0.344 e. The fourth-order valence-electron chi connectivity index (χ4n) is 0.930. The Morgan fingerprint density at radius 2 is 1.60 bits per heavy atom. The van der Waals surface area contributed by atoms with Crippen molar-refractivity contribution in [1.29, 1.82) is 0 Å². The van der Waals surface area contributed by atoms with Gasteiger partial charge in [0.2, 0.25) is 5.91 Å². The second-order valence-electron chi connectivity index (χ2n) is 3.51. The monoisotopic (exact) mass is 290 g/mol. The van der Waals surface area contributed by atoms with E-state index in [1.807, 2.05) is 6.92 Å². The summed E-state index contributed by atoms with van der Waals surface area (Å²) in [6, 6.07) is 0. The van der Waals surface area contributed by atoms with E-state index < -0.39 is 17.8 Å². The van der Waals surface area contributed by atoms with Crippen LogP contribution < -0.4 is 16.8 Å². The lowest BCUT2D eigenvalue weighted by Gasteiger charge is -2.09. The van der Waals surface area contributed by atoms with Gasteiger partial charge < -0.3 is 21.6 Å². The van der Waals surface area contributed by atoms with Crippen LogP contribution in [-0.2, 0) is 24.0 Å². The molecule has 0 atom stereocenters. The lowest BCUT2D eigenvalue weighted by atomic mass is 10.4. The predicted octanol–water partition coefficient (Wildman–Crippen LogP) is -1.38. The van der Waals surface area contributed by atoms with E-state index in [4.69, 9.17) is 11.5 Å². The fraction of sp³-hybridized carbons (Fsp3) is 0.636. The van der Waals surface area contributed by atoms with Gasteiger partial charge in [-0.15, -0.1) is 5.06 Å². The highest BCUT2D eigenvalue weighted by Crippen LogP contribution is 2.11. The van der Waals surface area contributed by atoms with E-state index in [1.165, 1.54) is 6.92 Å². The smallest absolute Gasteiger partial charge is 0.330 e. The first-order valence-corrected chi connectivity index (χ1v) is 5.98. The van der Waals surface area contributed by atoms with Gasteiger partial charge in [0.1, 0.15) is 0 Å². The van der Waals surface area contributed by atoms with Crippen molar-refractivity contribution in [1.82, 2.24) is 10.4 Å². The van der Waals surface area contributed by atoms with Gasteiger partial charge in [0.25, 0.3) is 11.8 Å². The van der Waals surface area contributed by atoms with E-state index in [9.17, 15) is 19.2 Å². The summed E-state index contributed by atoms with van der Waals surface area (Å²) in [5, 5.41) is 2.86. The quantitative estimate of drug-likeness (QED) is 0.419. The summed E-state index contributed by atoms with van der Waals surface area (Å²) < 4.78 is 0. The van der Waals surface area contributed by atoms with Crippen molar-refractivity contribution < 1.29 is 24.0 Å². The minimum absolute atomic E-state index is 0.0856. The maximum Gasteiger partial charge on any atom is 0.330 e. The summed E-state index contributed by atoms with van der Waals surface area (Å²) in [4.78, 5) is 46.0. The van der Waals surface area contributed by atoms with E-state index >= 15 is 0 Å². The third-order valence-corrected chi connectivity index (χ3v) is 1.58. The highest BCUT2D eigenvalue weighted by Gasteiger charge is 2.31. The molecular weight excluding hydrogens is 268 g/mol. The van der Waals surface area contributed by atoms with Gasteiger partial charge in [0.05, 0.1) is 6.67 Å². The highest BCUT2D eigenvalue weighted by molar-refractivity contribution is 6.01. The molecule has 20 heavy (non-hydrogen) atoms. The van der Waals surface area contributed by atoms with Gasteiger partial charge in [0.15, 0.2) is 0 Å². The molecule has 0 aromatic carbocycles. The molecule has 1 fully saturated rings. The molecule has 0 saturated carbocycles. The van der Waals surface area contributed by atoms with E-state index in [1.54, 1.807) is 0 Å². The van der Waals surface area contributed by atoms with Crippen molar-refractivity contribution in [3.8, 4) is 0 Å². The summed E-state index contributed by atoms with van der Waals surface area (Å²) in [6.45, 7) is 5.45. The summed E-state index contributed by atoms with van der Waals surface area (Å²) in [6.07, 6.45) is 0.262. The van der Waals surface area contributed by atoms with Crippen LogP contribution in [0, 0.1) is 0 Å². The Labute approximate surface area is 117 Å². The standard InChI is InChI=1S/C6H7NO4.C3H8N2O.C2H7N/c1-4(8)11-7-5(9)2-3-6(7)10;1-3(6)5-2-4;1-2-3/h2-3H2,1H3;2,4H2,1H3,(H,5,6);2-3H2,1H3. The first-order valence-electron chi connectivity index (χ1n) is 5.98. The third kappa shape index (κ3) is 11.1. The molecule has 0 radical (unpaired) electrons. The molecular formula is C11H22N4O5. The van der Waals surface area contributed by atoms with Crippen LogP contribution in [0.4, 0.5) is 0 Å². The number of hydrogen-bond donors (Lipinski definition) is 3. The number of amides is 3. The number of hydroxylamine groups is 2. The number of nitrogens with two attached hydrogens (primary N) is 2. The number of hydrogen-bond acceptors (Lipinski definition) is 7. The number of carbonyl (C=O) groups excluding carboxylic acids is 4. The minimum atomic E-state index is -0.659. The first-order chi connectivity index (χ1) is 9.29. The zero-order valence-electron chi connectivity index (χ0n) is 12.0. The van der Waals surface area contributed by atoms with Gasteiger partial charge in [-0.1, -0.05) is 6.92 Å². The maximum atomic E-state index is 10.7. The van der Waals surface area contributed by atoms with Crippen molar-refractivity contribution in [2.75, 3.05) is 13.2 Å². The number of rotatable bonds is 2. The summed E-state index contributed by atoms with van der Waals surface area (Å²) in [5.74, 6) is -1.65. The van der Waals surface area contributed by atoms with Crippen molar-refractivity contribution in [2.24, 2.45) is 11.5 Å². The van der Waals surface area contributed by atoms with E-state index in [0.29, 0.717) is 5.06 Å². The van der Waals surface area contributed by atoms with Crippen molar-refractivity contribution >= 4 is 23.7 Å². The summed E-state index contributed by atoms with van der Waals surface area (Å²) in [7, 11) is 0. The number of imide groups is 1. The Balaban J connectivity index is 0. The molecule has 5 N–H and O–H groups in total. The Hall–Kier alpha value is -2.00. The summed E-state index contributed by atoms with van der Waals surface area (Å²) in [5.41, 5.74) is 9.74. The zero-order valence-corrected chi connectivity index (χ0v) is 12.0. The molecule has 1 aliphatic heterocycles. The molecule has 0 aliphatic carbocycles. The largest absolute Gasteiger partial charge is 0.344 e. The molecule has 9 heteroatoms. The topological polar surface area (TPSA) is 145 Å². The van der Waals surface area contributed by atoms with Crippen LogP contribution in [0.1, 0.15) is 33.6 Å². The van der Waals surface area contributed by atoms with E-state index in [-0.39, 0.29) is 25.4 Å². The fourth-order valence-corrected chi connectivity index (χ4v) is 0.930. The SMILES string of the molecule is CC(=O)NCN.CC(=O)ON1C(=O)CCC1=O.CCN. The van der Waals surface area contributed by atoms with E-state index in [0.717, 1.165) is 13.5 Å². The molecule has 0 unspecified atom stereocenters. The van der Waals surface area contributed by atoms with Crippen LogP contribution in [0.25, 0.3) is 0 Å². The van der Waals surface area contributed by atoms with Crippen LogP contribution >= 0.6 is 0 Å². The Kier molecular flexibility index (Phi) is 12.2. The van der Waals surface area contributed by atoms with Gasteiger partial charge >= 0.3 is 5.97 Å².